The highest BCUT2D eigenvalue weighted by atomic mass is 32.2. The summed E-state index contributed by atoms with van der Waals surface area (Å²) in [6.07, 6.45) is 4.26. The van der Waals surface area contributed by atoms with Gasteiger partial charge in [0.2, 0.25) is 0 Å². The number of nitrogens with zero attached hydrogens (tertiary/aromatic N) is 2. The maximum absolute atomic E-state index is 12.4. The summed E-state index contributed by atoms with van der Waals surface area (Å²) in [5.74, 6) is 1.83. The van der Waals surface area contributed by atoms with Gasteiger partial charge in [-0.25, -0.2) is 13.4 Å². The molecule has 0 aliphatic rings. The molecule has 0 fully saturated rings. The van der Waals surface area contributed by atoms with E-state index in [0.29, 0.717) is 5.82 Å². The minimum atomic E-state index is -3.48. The van der Waals surface area contributed by atoms with Gasteiger partial charge < -0.3 is 4.98 Å². The Labute approximate surface area is 120 Å². The Morgan fingerprint density at radius 1 is 1.42 bits per heavy atom. The molecule has 110 valence electrons. The van der Waals surface area contributed by atoms with Crippen molar-refractivity contribution in [2.24, 2.45) is 0 Å². The number of aromatic nitrogens is 2. The smallest absolute Gasteiger partial charge is 0.260 e. The van der Waals surface area contributed by atoms with Gasteiger partial charge in [0.05, 0.1) is 6.20 Å². The molecule has 0 spiro atoms. The van der Waals surface area contributed by atoms with Crippen LogP contribution < -0.4 is 0 Å². The number of aromatic amines is 1. The third-order valence-electron chi connectivity index (χ3n) is 3.14. The summed E-state index contributed by atoms with van der Waals surface area (Å²) < 4.78 is 26.3. The lowest BCUT2D eigenvalue weighted by atomic mass is 10.2. The van der Waals surface area contributed by atoms with Gasteiger partial charge in [-0.15, -0.1) is 0 Å². The number of H-pyrrole nitrogens is 1. The van der Waals surface area contributed by atoms with Gasteiger partial charge in [-0.2, -0.15) is 16.1 Å². The zero-order valence-corrected chi connectivity index (χ0v) is 13.8. The Morgan fingerprint density at radius 3 is 2.53 bits per heavy atom. The molecule has 1 N–H and O–H groups in total. The lowest BCUT2D eigenvalue weighted by molar-refractivity contribution is 0.381. The molecule has 7 heteroatoms. The van der Waals surface area contributed by atoms with Crippen LogP contribution in [0, 0.1) is 0 Å². The summed E-state index contributed by atoms with van der Waals surface area (Å²) in [7, 11) is -1.85. The molecule has 19 heavy (non-hydrogen) atoms. The number of sulfonamides is 1. The van der Waals surface area contributed by atoms with E-state index in [-0.39, 0.29) is 17.0 Å². The maximum atomic E-state index is 12.4. The molecule has 0 bridgehead atoms. The Balaban J connectivity index is 2.89. The highest BCUT2D eigenvalue weighted by molar-refractivity contribution is 7.98. The van der Waals surface area contributed by atoms with Crippen LogP contribution >= 0.6 is 11.8 Å². The van der Waals surface area contributed by atoms with Gasteiger partial charge in [0.25, 0.3) is 10.0 Å². The molecule has 0 aliphatic heterocycles. The summed E-state index contributed by atoms with van der Waals surface area (Å²) in [5.41, 5.74) is 0. The van der Waals surface area contributed by atoms with Gasteiger partial charge in [0.1, 0.15) is 5.82 Å². The molecule has 0 amide bonds. The van der Waals surface area contributed by atoms with Gasteiger partial charge in [0, 0.05) is 19.0 Å². The Hall–Kier alpha value is -0.530. The van der Waals surface area contributed by atoms with Crippen molar-refractivity contribution in [3.63, 3.8) is 0 Å². The quantitative estimate of drug-likeness (QED) is 0.839. The summed E-state index contributed by atoms with van der Waals surface area (Å²) in [6.45, 7) is 5.87. The van der Waals surface area contributed by atoms with Crippen LogP contribution in [0.15, 0.2) is 11.2 Å². The standard InChI is InChI=1S/C12H23N3O2S2/c1-9(2)12-13-8-11(14-12)19(16,17)15(4)10(3)6-7-18-5/h8-10H,6-7H2,1-5H3,(H,13,14). The molecule has 1 aromatic rings. The second-order valence-corrected chi connectivity index (χ2v) is 7.89. The van der Waals surface area contributed by atoms with Crippen LogP contribution in [-0.2, 0) is 10.0 Å². The Morgan fingerprint density at radius 2 is 2.05 bits per heavy atom. The highest BCUT2D eigenvalue weighted by Crippen LogP contribution is 2.19. The fourth-order valence-corrected chi connectivity index (χ4v) is 3.49. The van der Waals surface area contributed by atoms with Gasteiger partial charge in [0.15, 0.2) is 5.03 Å². The van der Waals surface area contributed by atoms with Crippen molar-refractivity contribution in [3.8, 4) is 0 Å². The first-order chi connectivity index (χ1) is 8.80. The highest BCUT2D eigenvalue weighted by Gasteiger charge is 2.27. The van der Waals surface area contributed by atoms with Gasteiger partial charge in [-0.1, -0.05) is 13.8 Å². The Bertz CT molecular complexity index is 497. The molecular formula is C12H23N3O2S2. The van der Waals surface area contributed by atoms with E-state index in [4.69, 9.17) is 0 Å². The largest absolute Gasteiger partial charge is 0.332 e. The first-order valence-corrected chi connectivity index (χ1v) is 9.16. The van der Waals surface area contributed by atoms with Crippen molar-refractivity contribution in [3.05, 3.63) is 12.0 Å². The first-order valence-electron chi connectivity index (χ1n) is 6.32. The summed E-state index contributed by atoms with van der Waals surface area (Å²) >= 11 is 1.72. The van der Waals surface area contributed by atoms with Crippen LogP contribution in [0.2, 0.25) is 0 Å². The van der Waals surface area contributed by atoms with E-state index in [0.717, 1.165) is 12.2 Å². The molecule has 1 unspecified atom stereocenters. The van der Waals surface area contributed by atoms with E-state index in [9.17, 15) is 8.42 Å². The van der Waals surface area contributed by atoms with Crippen molar-refractivity contribution in [2.75, 3.05) is 19.1 Å². The van der Waals surface area contributed by atoms with Crippen LogP contribution in [0.5, 0.6) is 0 Å². The van der Waals surface area contributed by atoms with Gasteiger partial charge in [-0.3, -0.25) is 0 Å². The van der Waals surface area contributed by atoms with Crippen LogP contribution in [0.25, 0.3) is 0 Å². The molecule has 0 saturated heterocycles. The second-order valence-electron chi connectivity index (χ2n) is 4.94. The molecule has 0 radical (unpaired) electrons. The Kier molecular flexibility index (Phi) is 5.88. The molecule has 5 nitrogen and oxygen atoms in total. The van der Waals surface area contributed by atoms with Crippen molar-refractivity contribution in [2.45, 2.75) is 44.2 Å². The van der Waals surface area contributed by atoms with Crippen molar-refractivity contribution < 1.29 is 8.42 Å². The predicted molar refractivity (Wildman–Crippen MR) is 80.1 cm³/mol. The fraction of sp³-hybridized carbons (Fsp3) is 0.750. The molecule has 0 aliphatic carbocycles. The molecule has 1 heterocycles. The zero-order valence-electron chi connectivity index (χ0n) is 12.2. The first kappa shape index (κ1) is 16.5. The second kappa shape index (κ2) is 6.76. The third kappa shape index (κ3) is 3.97. The van der Waals surface area contributed by atoms with Crippen LogP contribution in [-0.4, -0.2) is 47.8 Å². The average Bonchev–Trinajstić information content (AvgIpc) is 2.85. The zero-order chi connectivity index (χ0) is 14.6. The van der Waals surface area contributed by atoms with Gasteiger partial charge in [-0.05, 0) is 25.4 Å². The number of rotatable bonds is 7. The minimum Gasteiger partial charge on any atom is -0.332 e. The molecule has 0 saturated carbocycles. The van der Waals surface area contributed by atoms with Crippen LogP contribution in [0.1, 0.15) is 38.9 Å². The monoisotopic (exact) mass is 305 g/mol. The van der Waals surface area contributed by atoms with Crippen LogP contribution in [0.4, 0.5) is 0 Å². The topological polar surface area (TPSA) is 66.1 Å². The van der Waals surface area contributed by atoms with E-state index in [2.05, 4.69) is 9.97 Å². The van der Waals surface area contributed by atoms with Crippen molar-refractivity contribution >= 4 is 21.8 Å². The minimum absolute atomic E-state index is 0.0248. The molecule has 0 aromatic carbocycles. The maximum Gasteiger partial charge on any atom is 0.260 e. The van der Waals surface area contributed by atoms with E-state index in [1.807, 2.05) is 27.0 Å². The number of hydrogen-bond donors (Lipinski definition) is 1. The van der Waals surface area contributed by atoms with E-state index in [1.54, 1.807) is 18.8 Å². The lowest BCUT2D eigenvalue weighted by Gasteiger charge is -2.23. The summed E-state index contributed by atoms with van der Waals surface area (Å²) in [5, 5.41) is 0.176. The summed E-state index contributed by atoms with van der Waals surface area (Å²) in [4.78, 5) is 7.02. The molecule has 1 atom stereocenters. The third-order valence-corrected chi connectivity index (χ3v) is 5.66. The van der Waals surface area contributed by atoms with Gasteiger partial charge >= 0.3 is 0 Å². The normalized spacial score (nSPS) is 14.3. The summed E-state index contributed by atoms with van der Waals surface area (Å²) in [6, 6.07) is -0.0248. The molecular weight excluding hydrogens is 282 g/mol. The number of hydrogen-bond acceptors (Lipinski definition) is 4. The lowest BCUT2D eigenvalue weighted by Crippen LogP contribution is -2.35. The van der Waals surface area contributed by atoms with Crippen molar-refractivity contribution in [1.29, 1.82) is 0 Å². The van der Waals surface area contributed by atoms with E-state index in [1.165, 1.54) is 10.5 Å². The predicted octanol–water partition coefficient (Wildman–Crippen LogP) is 2.30. The van der Waals surface area contributed by atoms with E-state index >= 15 is 0 Å². The van der Waals surface area contributed by atoms with Crippen LogP contribution in [0.3, 0.4) is 0 Å². The molecule has 1 aromatic heterocycles. The average molecular weight is 305 g/mol. The number of imidazole rings is 1. The number of thioether (sulfide) groups is 1. The van der Waals surface area contributed by atoms with E-state index < -0.39 is 10.0 Å². The van der Waals surface area contributed by atoms with Crippen molar-refractivity contribution in [1.82, 2.24) is 14.3 Å². The number of nitrogens with one attached hydrogen (secondary N) is 1. The molecule has 1 rings (SSSR count). The SMILES string of the molecule is CSCCC(C)N(C)S(=O)(=O)c1cnc(C(C)C)[nH]1. The fourth-order valence-electron chi connectivity index (χ4n) is 1.61.